The van der Waals surface area contributed by atoms with Gasteiger partial charge in [-0.1, -0.05) is 18.2 Å². The second-order valence-electron chi connectivity index (χ2n) is 4.80. The minimum Gasteiger partial charge on any atom is -0.464 e. The third kappa shape index (κ3) is 1.80. The molecule has 2 heterocycles. The number of hydrogen-bond donors (Lipinski definition) is 3. The molecule has 0 aliphatic carbocycles. The van der Waals surface area contributed by atoms with Crippen molar-refractivity contribution in [2.75, 3.05) is 6.61 Å². The first-order valence-corrected chi connectivity index (χ1v) is 6.07. The summed E-state index contributed by atoms with van der Waals surface area (Å²) in [4.78, 5) is 0. The molecule has 5 atom stereocenters. The second kappa shape index (κ2) is 4.51. The van der Waals surface area contributed by atoms with Crippen molar-refractivity contribution < 1.29 is 24.8 Å². The number of ether oxygens (including phenoxy) is 2. The van der Waals surface area contributed by atoms with Gasteiger partial charge in [-0.05, 0) is 18.1 Å². The van der Waals surface area contributed by atoms with E-state index < -0.39 is 24.6 Å². The number of benzene rings is 1. The van der Waals surface area contributed by atoms with E-state index in [0.717, 1.165) is 11.3 Å². The SMILES string of the molecule is OC[C@H]1O[C@@H]2Oc3ccccc3C[C@@H]2[C@@H](O)[C@H]1O. The van der Waals surface area contributed by atoms with Crippen LogP contribution in [0.1, 0.15) is 5.56 Å². The van der Waals surface area contributed by atoms with Gasteiger partial charge in [0.15, 0.2) is 0 Å². The predicted octanol–water partition coefficient (Wildman–Crippen LogP) is -0.323. The molecule has 0 bridgehead atoms. The average molecular weight is 252 g/mol. The van der Waals surface area contributed by atoms with Gasteiger partial charge in [-0.25, -0.2) is 0 Å². The first kappa shape index (κ1) is 11.9. The van der Waals surface area contributed by atoms with Crippen molar-refractivity contribution in [2.24, 2.45) is 5.92 Å². The molecule has 1 aromatic rings. The molecule has 0 aromatic heterocycles. The molecule has 0 amide bonds. The van der Waals surface area contributed by atoms with Crippen LogP contribution in [0.3, 0.4) is 0 Å². The summed E-state index contributed by atoms with van der Waals surface area (Å²) in [6.07, 6.45) is -2.85. The molecule has 5 heteroatoms. The van der Waals surface area contributed by atoms with Gasteiger partial charge in [-0.15, -0.1) is 0 Å². The van der Waals surface area contributed by atoms with Crippen molar-refractivity contribution in [1.82, 2.24) is 0 Å². The minimum atomic E-state index is -1.08. The summed E-state index contributed by atoms with van der Waals surface area (Å²) in [5.41, 5.74) is 0.996. The third-order valence-corrected chi connectivity index (χ3v) is 3.68. The molecule has 0 spiro atoms. The van der Waals surface area contributed by atoms with Crippen molar-refractivity contribution >= 4 is 0 Å². The number of fused-ring (bicyclic) bond motifs is 2. The van der Waals surface area contributed by atoms with Crippen LogP contribution in [-0.2, 0) is 11.2 Å². The summed E-state index contributed by atoms with van der Waals surface area (Å²) >= 11 is 0. The number of hydrogen-bond acceptors (Lipinski definition) is 5. The zero-order valence-electron chi connectivity index (χ0n) is 9.77. The lowest BCUT2D eigenvalue weighted by atomic mass is 9.84. The van der Waals surface area contributed by atoms with Crippen LogP contribution < -0.4 is 4.74 Å². The Bertz CT molecular complexity index is 435. The molecule has 1 saturated heterocycles. The van der Waals surface area contributed by atoms with Gasteiger partial charge in [-0.2, -0.15) is 0 Å². The second-order valence-corrected chi connectivity index (χ2v) is 4.80. The highest BCUT2D eigenvalue weighted by molar-refractivity contribution is 5.35. The molecule has 2 aliphatic heterocycles. The van der Waals surface area contributed by atoms with Crippen LogP contribution in [0.4, 0.5) is 0 Å². The Labute approximate surface area is 105 Å². The number of aliphatic hydroxyl groups excluding tert-OH is 3. The first-order chi connectivity index (χ1) is 8.70. The summed E-state index contributed by atoms with van der Waals surface area (Å²) in [6, 6.07) is 7.56. The molecule has 0 radical (unpaired) electrons. The molecule has 3 rings (SSSR count). The number of aliphatic hydroxyl groups is 3. The van der Waals surface area contributed by atoms with Gasteiger partial charge in [0, 0.05) is 0 Å². The van der Waals surface area contributed by atoms with Gasteiger partial charge in [-0.3, -0.25) is 0 Å². The van der Waals surface area contributed by atoms with Gasteiger partial charge in [0.2, 0.25) is 6.29 Å². The highest BCUT2D eigenvalue weighted by atomic mass is 16.7. The summed E-state index contributed by atoms with van der Waals surface area (Å²) < 4.78 is 11.2. The Kier molecular flexibility index (Phi) is 2.99. The van der Waals surface area contributed by atoms with E-state index in [9.17, 15) is 10.2 Å². The van der Waals surface area contributed by atoms with E-state index in [1.807, 2.05) is 24.3 Å². The highest BCUT2D eigenvalue weighted by Crippen LogP contribution is 2.37. The molecule has 0 saturated carbocycles. The molecule has 0 unspecified atom stereocenters. The zero-order chi connectivity index (χ0) is 12.7. The lowest BCUT2D eigenvalue weighted by molar-refractivity contribution is -0.264. The molecular formula is C13H16O5. The first-order valence-electron chi connectivity index (χ1n) is 6.07. The molecule has 98 valence electrons. The monoisotopic (exact) mass is 252 g/mol. The van der Waals surface area contributed by atoms with E-state index >= 15 is 0 Å². The van der Waals surface area contributed by atoms with Crippen LogP contribution in [-0.4, -0.2) is 46.5 Å². The molecule has 3 N–H and O–H groups in total. The molecule has 1 fully saturated rings. The van der Waals surface area contributed by atoms with E-state index in [4.69, 9.17) is 14.6 Å². The van der Waals surface area contributed by atoms with Crippen LogP contribution in [0.15, 0.2) is 24.3 Å². The van der Waals surface area contributed by atoms with Crippen molar-refractivity contribution in [3.05, 3.63) is 29.8 Å². The lowest BCUT2D eigenvalue weighted by Crippen LogP contribution is -2.58. The van der Waals surface area contributed by atoms with Gasteiger partial charge in [0.25, 0.3) is 0 Å². The van der Waals surface area contributed by atoms with Gasteiger partial charge >= 0.3 is 0 Å². The zero-order valence-corrected chi connectivity index (χ0v) is 9.77. The van der Waals surface area contributed by atoms with Crippen LogP contribution in [0.25, 0.3) is 0 Å². The van der Waals surface area contributed by atoms with Gasteiger partial charge < -0.3 is 24.8 Å². The Morgan fingerprint density at radius 3 is 2.72 bits per heavy atom. The third-order valence-electron chi connectivity index (χ3n) is 3.68. The fraction of sp³-hybridized carbons (Fsp3) is 0.538. The van der Waals surface area contributed by atoms with E-state index in [1.54, 1.807) is 0 Å². The quantitative estimate of drug-likeness (QED) is 0.638. The maximum atomic E-state index is 10.1. The van der Waals surface area contributed by atoms with Crippen LogP contribution in [0.5, 0.6) is 5.75 Å². The maximum absolute atomic E-state index is 10.1. The lowest BCUT2D eigenvalue weighted by Gasteiger charge is -2.44. The predicted molar refractivity (Wildman–Crippen MR) is 62.0 cm³/mol. The standard InChI is InChI=1S/C13H16O5/c14-6-10-12(16)11(15)8-5-7-3-1-2-4-9(7)17-13(8)18-10/h1-4,8,10-16H,5-6H2/t8-,10-,11-,12+,13+/m1/s1. The van der Waals surface area contributed by atoms with Crippen LogP contribution >= 0.6 is 0 Å². The van der Waals surface area contributed by atoms with Crippen LogP contribution in [0.2, 0.25) is 0 Å². The van der Waals surface area contributed by atoms with Gasteiger partial charge in [0.1, 0.15) is 18.0 Å². The maximum Gasteiger partial charge on any atom is 0.206 e. The van der Waals surface area contributed by atoms with Crippen molar-refractivity contribution in [3.8, 4) is 5.75 Å². The number of rotatable bonds is 1. The highest BCUT2D eigenvalue weighted by Gasteiger charge is 2.47. The van der Waals surface area contributed by atoms with Crippen molar-refractivity contribution in [3.63, 3.8) is 0 Å². The molecular weight excluding hydrogens is 236 g/mol. The van der Waals surface area contributed by atoms with E-state index in [0.29, 0.717) is 6.42 Å². The van der Waals surface area contributed by atoms with Crippen LogP contribution in [0, 0.1) is 5.92 Å². The fourth-order valence-electron chi connectivity index (χ4n) is 2.64. The summed E-state index contributed by atoms with van der Waals surface area (Å²) in [5.74, 6) is 0.428. The summed E-state index contributed by atoms with van der Waals surface area (Å²) in [7, 11) is 0. The smallest absolute Gasteiger partial charge is 0.206 e. The van der Waals surface area contributed by atoms with Crippen molar-refractivity contribution in [2.45, 2.75) is 31.0 Å². The van der Waals surface area contributed by atoms with Gasteiger partial charge in [0.05, 0.1) is 18.6 Å². The molecule has 18 heavy (non-hydrogen) atoms. The van der Waals surface area contributed by atoms with E-state index in [-0.39, 0.29) is 12.5 Å². The summed E-state index contributed by atoms with van der Waals surface area (Å²) in [6.45, 7) is -0.341. The Hall–Kier alpha value is -1.14. The largest absolute Gasteiger partial charge is 0.464 e. The molecule has 5 nitrogen and oxygen atoms in total. The topological polar surface area (TPSA) is 79.2 Å². The summed E-state index contributed by atoms with van der Waals surface area (Å²) in [5, 5.41) is 29.0. The fourth-order valence-corrected chi connectivity index (χ4v) is 2.64. The number of para-hydroxylation sites is 1. The van der Waals surface area contributed by atoms with E-state index in [1.165, 1.54) is 0 Å². The normalized spacial score (nSPS) is 38.5. The Morgan fingerprint density at radius 2 is 1.94 bits per heavy atom. The molecule has 1 aromatic carbocycles. The average Bonchev–Trinajstić information content (AvgIpc) is 2.41. The Balaban J connectivity index is 1.88. The van der Waals surface area contributed by atoms with E-state index in [2.05, 4.69) is 0 Å². The minimum absolute atomic E-state index is 0.308. The Morgan fingerprint density at radius 1 is 1.17 bits per heavy atom. The van der Waals surface area contributed by atoms with Crippen molar-refractivity contribution in [1.29, 1.82) is 0 Å². The molecule has 2 aliphatic rings.